The SMILES string of the molecule is Cn1c(CCNC(=O)c2csc(CCN)n2)nc2c(F)cccc21. The summed E-state index contributed by atoms with van der Waals surface area (Å²) >= 11 is 1.43. The van der Waals surface area contributed by atoms with Gasteiger partial charge in [0.2, 0.25) is 0 Å². The quantitative estimate of drug-likeness (QED) is 0.710. The molecule has 6 nitrogen and oxygen atoms in total. The standard InChI is InChI=1S/C16H18FN5OS/c1-22-12-4-2-3-10(17)15(12)21-13(22)6-8-19-16(23)11-9-24-14(20-11)5-7-18/h2-4,9H,5-8,18H2,1H3,(H,19,23). The summed E-state index contributed by atoms with van der Waals surface area (Å²) in [6, 6.07) is 4.87. The highest BCUT2D eigenvalue weighted by atomic mass is 32.1. The maximum Gasteiger partial charge on any atom is 0.270 e. The van der Waals surface area contributed by atoms with Gasteiger partial charge in [-0.3, -0.25) is 4.79 Å². The van der Waals surface area contributed by atoms with Crippen molar-refractivity contribution in [1.82, 2.24) is 19.9 Å². The van der Waals surface area contributed by atoms with Crippen molar-refractivity contribution in [2.45, 2.75) is 12.8 Å². The van der Waals surface area contributed by atoms with E-state index in [1.54, 1.807) is 11.4 Å². The van der Waals surface area contributed by atoms with Crippen LogP contribution >= 0.6 is 11.3 Å². The number of hydrogen-bond donors (Lipinski definition) is 2. The zero-order chi connectivity index (χ0) is 17.1. The summed E-state index contributed by atoms with van der Waals surface area (Å²) in [4.78, 5) is 20.6. The predicted molar refractivity (Wildman–Crippen MR) is 91.6 cm³/mol. The van der Waals surface area contributed by atoms with Crippen LogP contribution in [0.1, 0.15) is 21.3 Å². The number of nitrogens with two attached hydrogens (primary N) is 1. The Morgan fingerprint density at radius 2 is 2.21 bits per heavy atom. The topological polar surface area (TPSA) is 85.8 Å². The van der Waals surface area contributed by atoms with Gasteiger partial charge < -0.3 is 15.6 Å². The van der Waals surface area contributed by atoms with Crippen LogP contribution in [-0.2, 0) is 19.9 Å². The summed E-state index contributed by atoms with van der Waals surface area (Å²) in [6.07, 6.45) is 1.18. The molecule has 2 heterocycles. The molecule has 126 valence electrons. The van der Waals surface area contributed by atoms with Gasteiger partial charge in [-0.2, -0.15) is 0 Å². The van der Waals surface area contributed by atoms with Gasteiger partial charge >= 0.3 is 0 Å². The van der Waals surface area contributed by atoms with Crippen molar-refractivity contribution in [3.05, 3.63) is 45.9 Å². The Labute approximate surface area is 142 Å². The number of para-hydroxylation sites is 1. The molecule has 0 saturated carbocycles. The van der Waals surface area contributed by atoms with Gasteiger partial charge in [0.15, 0.2) is 5.82 Å². The van der Waals surface area contributed by atoms with E-state index in [9.17, 15) is 9.18 Å². The van der Waals surface area contributed by atoms with Crippen LogP contribution in [0.2, 0.25) is 0 Å². The molecule has 1 aromatic carbocycles. The number of thiazole rings is 1. The number of benzene rings is 1. The molecule has 3 aromatic rings. The van der Waals surface area contributed by atoms with Crippen LogP contribution in [0.15, 0.2) is 23.6 Å². The summed E-state index contributed by atoms with van der Waals surface area (Å²) in [7, 11) is 1.84. The van der Waals surface area contributed by atoms with Gasteiger partial charge in [0, 0.05) is 31.8 Å². The minimum atomic E-state index is -0.340. The third kappa shape index (κ3) is 3.29. The molecule has 0 atom stereocenters. The highest BCUT2D eigenvalue weighted by molar-refractivity contribution is 7.09. The first kappa shape index (κ1) is 16.5. The molecule has 1 amide bonds. The van der Waals surface area contributed by atoms with E-state index < -0.39 is 0 Å². The summed E-state index contributed by atoms with van der Waals surface area (Å²) in [5.41, 5.74) is 6.97. The number of rotatable bonds is 6. The summed E-state index contributed by atoms with van der Waals surface area (Å²) in [5, 5.41) is 5.40. The third-order valence-corrected chi connectivity index (χ3v) is 4.64. The van der Waals surface area contributed by atoms with Crippen molar-refractivity contribution in [3.63, 3.8) is 0 Å². The lowest BCUT2D eigenvalue weighted by Crippen LogP contribution is -2.26. The summed E-state index contributed by atoms with van der Waals surface area (Å²) in [5.74, 6) is 0.158. The zero-order valence-corrected chi connectivity index (χ0v) is 14.1. The third-order valence-electron chi connectivity index (χ3n) is 3.73. The maximum absolute atomic E-state index is 13.8. The molecule has 0 aliphatic heterocycles. The van der Waals surface area contributed by atoms with Crippen molar-refractivity contribution >= 4 is 28.3 Å². The fraction of sp³-hybridized carbons (Fsp3) is 0.312. The number of halogens is 1. The normalized spacial score (nSPS) is 11.1. The highest BCUT2D eigenvalue weighted by Crippen LogP contribution is 2.18. The number of aromatic nitrogens is 3. The Balaban J connectivity index is 1.62. The van der Waals surface area contributed by atoms with E-state index in [1.165, 1.54) is 17.4 Å². The van der Waals surface area contributed by atoms with Crippen LogP contribution in [-0.4, -0.2) is 33.5 Å². The minimum Gasteiger partial charge on any atom is -0.350 e. The zero-order valence-electron chi connectivity index (χ0n) is 13.3. The first-order valence-electron chi connectivity index (χ1n) is 7.62. The van der Waals surface area contributed by atoms with E-state index in [1.807, 2.05) is 17.7 Å². The van der Waals surface area contributed by atoms with Gasteiger partial charge in [-0.1, -0.05) is 6.07 Å². The number of imidazole rings is 1. The second-order valence-corrected chi connectivity index (χ2v) is 6.31. The molecule has 24 heavy (non-hydrogen) atoms. The highest BCUT2D eigenvalue weighted by Gasteiger charge is 2.13. The van der Waals surface area contributed by atoms with Gasteiger partial charge in [-0.15, -0.1) is 11.3 Å². The first-order chi connectivity index (χ1) is 11.6. The summed E-state index contributed by atoms with van der Waals surface area (Å²) in [6.45, 7) is 0.916. The Morgan fingerprint density at radius 3 is 2.96 bits per heavy atom. The van der Waals surface area contributed by atoms with E-state index in [0.717, 1.165) is 16.3 Å². The van der Waals surface area contributed by atoms with Crippen LogP contribution in [0.25, 0.3) is 11.0 Å². The molecular formula is C16H18FN5OS. The molecule has 3 rings (SSSR count). The molecular weight excluding hydrogens is 329 g/mol. The average molecular weight is 347 g/mol. The molecule has 3 N–H and O–H groups in total. The van der Waals surface area contributed by atoms with Crippen molar-refractivity contribution in [2.24, 2.45) is 12.8 Å². The van der Waals surface area contributed by atoms with Gasteiger partial charge in [-0.25, -0.2) is 14.4 Å². The van der Waals surface area contributed by atoms with Crippen molar-refractivity contribution in [1.29, 1.82) is 0 Å². The lowest BCUT2D eigenvalue weighted by atomic mass is 10.3. The maximum atomic E-state index is 13.8. The van der Waals surface area contributed by atoms with Crippen molar-refractivity contribution in [3.8, 4) is 0 Å². The number of nitrogens with one attached hydrogen (secondary N) is 1. The van der Waals surface area contributed by atoms with Crippen LogP contribution in [0.4, 0.5) is 4.39 Å². The first-order valence-corrected chi connectivity index (χ1v) is 8.50. The minimum absolute atomic E-state index is 0.223. The monoisotopic (exact) mass is 347 g/mol. The number of hydrogen-bond acceptors (Lipinski definition) is 5. The molecule has 0 bridgehead atoms. The fourth-order valence-corrected chi connectivity index (χ4v) is 3.28. The molecule has 0 fully saturated rings. The lowest BCUT2D eigenvalue weighted by molar-refractivity contribution is 0.0949. The summed E-state index contributed by atoms with van der Waals surface area (Å²) < 4.78 is 15.6. The smallest absolute Gasteiger partial charge is 0.270 e. The van der Waals surface area contributed by atoms with E-state index in [0.29, 0.717) is 37.1 Å². The Bertz CT molecular complexity index is 873. The van der Waals surface area contributed by atoms with Crippen LogP contribution in [0, 0.1) is 5.82 Å². The van der Waals surface area contributed by atoms with E-state index in [2.05, 4.69) is 15.3 Å². The molecule has 0 saturated heterocycles. The van der Waals surface area contributed by atoms with Crippen LogP contribution in [0.3, 0.4) is 0 Å². The molecule has 2 aromatic heterocycles. The second-order valence-electron chi connectivity index (χ2n) is 5.37. The van der Waals surface area contributed by atoms with Crippen molar-refractivity contribution in [2.75, 3.05) is 13.1 Å². The number of amides is 1. The Hall–Kier alpha value is -2.32. The Morgan fingerprint density at radius 1 is 1.38 bits per heavy atom. The van der Waals surface area contributed by atoms with Gasteiger partial charge in [-0.05, 0) is 18.7 Å². The molecule has 0 aliphatic carbocycles. The van der Waals surface area contributed by atoms with Crippen LogP contribution < -0.4 is 11.1 Å². The fourth-order valence-electron chi connectivity index (χ4n) is 2.48. The molecule has 8 heteroatoms. The van der Waals surface area contributed by atoms with E-state index in [-0.39, 0.29) is 11.7 Å². The van der Waals surface area contributed by atoms with E-state index >= 15 is 0 Å². The van der Waals surface area contributed by atoms with Crippen LogP contribution in [0.5, 0.6) is 0 Å². The number of carbonyl (C=O) groups excluding carboxylic acids is 1. The van der Waals surface area contributed by atoms with Crippen molar-refractivity contribution < 1.29 is 9.18 Å². The Kier molecular flexibility index (Phi) is 4.86. The molecule has 0 spiro atoms. The number of nitrogens with zero attached hydrogens (tertiary/aromatic N) is 3. The predicted octanol–water partition coefficient (Wildman–Crippen LogP) is 1.64. The van der Waals surface area contributed by atoms with Gasteiger partial charge in [0.25, 0.3) is 5.91 Å². The molecule has 0 unspecified atom stereocenters. The number of aryl methyl sites for hydroxylation is 1. The largest absolute Gasteiger partial charge is 0.350 e. The lowest BCUT2D eigenvalue weighted by Gasteiger charge is -2.04. The number of fused-ring (bicyclic) bond motifs is 1. The molecule has 0 radical (unpaired) electrons. The van der Waals surface area contributed by atoms with Gasteiger partial charge in [0.05, 0.1) is 10.5 Å². The molecule has 0 aliphatic rings. The second kappa shape index (κ2) is 7.06. The van der Waals surface area contributed by atoms with E-state index in [4.69, 9.17) is 5.73 Å². The average Bonchev–Trinajstić information content (AvgIpc) is 3.15. The van der Waals surface area contributed by atoms with Gasteiger partial charge in [0.1, 0.15) is 17.0 Å². The number of carbonyl (C=O) groups is 1.